The van der Waals surface area contributed by atoms with Crippen LogP contribution < -0.4 is 5.32 Å². The predicted molar refractivity (Wildman–Crippen MR) is 53.3 cm³/mol. The van der Waals surface area contributed by atoms with Crippen LogP contribution in [-0.4, -0.2) is 7.05 Å². The summed E-state index contributed by atoms with van der Waals surface area (Å²) in [7, 11) is 1.92. The molecule has 0 aliphatic heterocycles. The van der Waals surface area contributed by atoms with E-state index in [0.29, 0.717) is 0 Å². The van der Waals surface area contributed by atoms with Crippen LogP contribution in [0, 0.1) is 18.8 Å². The first-order valence-electron chi connectivity index (χ1n) is 4.41. The van der Waals surface area contributed by atoms with Gasteiger partial charge >= 0.3 is 0 Å². The fourth-order valence-corrected chi connectivity index (χ4v) is 1.19. The molecule has 1 atom stereocenters. The van der Waals surface area contributed by atoms with Crippen molar-refractivity contribution < 1.29 is 4.42 Å². The second kappa shape index (κ2) is 4.74. The maximum absolute atomic E-state index is 5.50. The molecule has 13 heavy (non-hydrogen) atoms. The van der Waals surface area contributed by atoms with E-state index in [1.165, 1.54) is 0 Å². The van der Waals surface area contributed by atoms with Gasteiger partial charge < -0.3 is 9.73 Å². The highest BCUT2D eigenvalue weighted by molar-refractivity contribution is 5.12. The van der Waals surface area contributed by atoms with E-state index in [1.54, 1.807) is 0 Å². The van der Waals surface area contributed by atoms with Gasteiger partial charge in [0.05, 0.1) is 6.04 Å². The molecule has 0 bridgehead atoms. The van der Waals surface area contributed by atoms with Gasteiger partial charge in [0.25, 0.3) is 0 Å². The van der Waals surface area contributed by atoms with E-state index in [4.69, 9.17) is 4.42 Å². The molecule has 1 aromatic rings. The maximum atomic E-state index is 5.50. The molecule has 0 amide bonds. The summed E-state index contributed by atoms with van der Waals surface area (Å²) in [5.41, 5.74) is 0. The van der Waals surface area contributed by atoms with Crippen LogP contribution in [0.15, 0.2) is 16.5 Å². The zero-order chi connectivity index (χ0) is 9.68. The number of aryl methyl sites for hydroxylation is 1. The molecule has 1 N–H and O–H groups in total. The van der Waals surface area contributed by atoms with Gasteiger partial charge in [0, 0.05) is 6.42 Å². The van der Waals surface area contributed by atoms with Crippen molar-refractivity contribution in [3.63, 3.8) is 0 Å². The summed E-state index contributed by atoms with van der Waals surface area (Å²) < 4.78 is 5.50. The molecule has 0 fully saturated rings. The second-order valence-electron chi connectivity index (χ2n) is 2.92. The smallest absolute Gasteiger partial charge is 0.122 e. The molecule has 0 spiro atoms. The van der Waals surface area contributed by atoms with E-state index >= 15 is 0 Å². The normalized spacial score (nSPS) is 11.9. The van der Waals surface area contributed by atoms with Gasteiger partial charge in [0.15, 0.2) is 0 Å². The Hall–Kier alpha value is -1.20. The summed E-state index contributed by atoms with van der Waals surface area (Å²) in [6, 6.07) is 4.17. The van der Waals surface area contributed by atoms with E-state index in [9.17, 15) is 0 Å². The molecule has 0 aliphatic rings. The van der Waals surface area contributed by atoms with Gasteiger partial charge in [-0.15, -0.1) is 11.8 Å². The molecule has 1 unspecified atom stereocenters. The molecule has 1 heterocycles. The molecule has 0 saturated carbocycles. The minimum absolute atomic E-state index is 0.209. The molecule has 1 aromatic heterocycles. The van der Waals surface area contributed by atoms with Crippen LogP contribution in [0.1, 0.15) is 30.9 Å². The van der Waals surface area contributed by atoms with E-state index < -0.39 is 0 Å². The number of hydrogen-bond acceptors (Lipinski definition) is 2. The Bertz CT molecular complexity index is 316. The van der Waals surface area contributed by atoms with Gasteiger partial charge in [0.1, 0.15) is 11.5 Å². The van der Waals surface area contributed by atoms with Gasteiger partial charge in [-0.05, 0) is 33.0 Å². The molecular formula is C11H15NO. The standard InChI is InChI=1S/C11H15NO/c1-4-5-6-10(12-3)11-8-7-9(2)13-11/h7-8,10,12H,6H2,1-3H3. The molecule has 70 valence electrons. The fraction of sp³-hybridized carbons (Fsp3) is 0.455. The average molecular weight is 177 g/mol. The van der Waals surface area contributed by atoms with Crippen molar-refractivity contribution in [2.75, 3.05) is 7.05 Å². The fourth-order valence-electron chi connectivity index (χ4n) is 1.19. The highest BCUT2D eigenvalue weighted by atomic mass is 16.3. The van der Waals surface area contributed by atoms with Gasteiger partial charge in [-0.3, -0.25) is 0 Å². The van der Waals surface area contributed by atoms with Crippen LogP contribution in [0.2, 0.25) is 0 Å². The summed E-state index contributed by atoms with van der Waals surface area (Å²) in [5, 5.41) is 3.17. The van der Waals surface area contributed by atoms with Crippen LogP contribution >= 0.6 is 0 Å². The number of hydrogen-bond donors (Lipinski definition) is 1. The van der Waals surface area contributed by atoms with E-state index in [1.807, 2.05) is 33.0 Å². The monoisotopic (exact) mass is 177 g/mol. The van der Waals surface area contributed by atoms with Gasteiger partial charge in [-0.1, -0.05) is 0 Å². The van der Waals surface area contributed by atoms with E-state index in [2.05, 4.69) is 17.2 Å². The van der Waals surface area contributed by atoms with Gasteiger partial charge in [-0.2, -0.15) is 0 Å². The van der Waals surface area contributed by atoms with Crippen molar-refractivity contribution in [2.24, 2.45) is 0 Å². The minimum atomic E-state index is 0.209. The summed E-state index contributed by atoms with van der Waals surface area (Å²) in [6.07, 6.45) is 0.792. The molecule has 0 aromatic carbocycles. The first-order chi connectivity index (χ1) is 6.27. The lowest BCUT2D eigenvalue weighted by Crippen LogP contribution is -2.14. The van der Waals surface area contributed by atoms with Crippen LogP contribution in [0.3, 0.4) is 0 Å². The number of nitrogens with one attached hydrogen (secondary N) is 1. The van der Waals surface area contributed by atoms with Crippen molar-refractivity contribution in [2.45, 2.75) is 26.3 Å². The molecule has 0 saturated heterocycles. The second-order valence-corrected chi connectivity index (χ2v) is 2.92. The average Bonchev–Trinajstić information content (AvgIpc) is 2.54. The van der Waals surface area contributed by atoms with Crippen molar-refractivity contribution in [3.05, 3.63) is 23.7 Å². The first-order valence-corrected chi connectivity index (χ1v) is 4.41. The lowest BCUT2D eigenvalue weighted by Gasteiger charge is -2.09. The summed E-state index contributed by atoms with van der Waals surface area (Å²) in [5.74, 6) is 7.82. The highest BCUT2D eigenvalue weighted by Crippen LogP contribution is 2.18. The van der Waals surface area contributed by atoms with E-state index in [0.717, 1.165) is 17.9 Å². The van der Waals surface area contributed by atoms with Crippen LogP contribution in [-0.2, 0) is 0 Å². The Labute approximate surface area is 79.3 Å². The zero-order valence-corrected chi connectivity index (χ0v) is 8.35. The Morgan fingerprint density at radius 2 is 2.31 bits per heavy atom. The highest BCUT2D eigenvalue weighted by Gasteiger charge is 2.10. The molecule has 0 aliphatic carbocycles. The first kappa shape index (κ1) is 9.88. The topological polar surface area (TPSA) is 25.2 Å². The lowest BCUT2D eigenvalue weighted by atomic mass is 10.1. The number of furan rings is 1. The summed E-state index contributed by atoms with van der Waals surface area (Å²) >= 11 is 0. The van der Waals surface area contributed by atoms with Crippen LogP contribution in [0.4, 0.5) is 0 Å². The Balaban J connectivity index is 2.70. The van der Waals surface area contributed by atoms with Crippen molar-refractivity contribution in [1.29, 1.82) is 0 Å². The van der Waals surface area contributed by atoms with Gasteiger partial charge in [0.2, 0.25) is 0 Å². The van der Waals surface area contributed by atoms with Crippen molar-refractivity contribution in [3.8, 4) is 11.8 Å². The largest absolute Gasteiger partial charge is 0.465 e. The summed E-state index contributed by atoms with van der Waals surface area (Å²) in [4.78, 5) is 0. The molecule has 0 radical (unpaired) electrons. The van der Waals surface area contributed by atoms with E-state index in [-0.39, 0.29) is 6.04 Å². The quantitative estimate of drug-likeness (QED) is 0.716. The van der Waals surface area contributed by atoms with Crippen molar-refractivity contribution >= 4 is 0 Å². The Morgan fingerprint density at radius 3 is 2.77 bits per heavy atom. The van der Waals surface area contributed by atoms with Crippen LogP contribution in [0.5, 0.6) is 0 Å². The third-order valence-corrected chi connectivity index (χ3v) is 1.94. The van der Waals surface area contributed by atoms with Crippen molar-refractivity contribution in [1.82, 2.24) is 5.32 Å². The molecular weight excluding hydrogens is 162 g/mol. The predicted octanol–water partition coefficient (Wildman–Crippen LogP) is 2.26. The minimum Gasteiger partial charge on any atom is -0.465 e. The summed E-state index contributed by atoms with van der Waals surface area (Å²) in [6.45, 7) is 3.79. The maximum Gasteiger partial charge on any atom is 0.122 e. The Kier molecular flexibility index (Phi) is 3.60. The lowest BCUT2D eigenvalue weighted by molar-refractivity contribution is 0.420. The third kappa shape index (κ3) is 2.64. The number of rotatable bonds is 3. The zero-order valence-electron chi connectivity index (χ0n) is 8.35. The third-order valence-electron chi connectivity index (χ3n) is 1.94. The van der Waals surface area contributed by atoms with Gasteiger partial charge in [-0.25, -0.2) is 0 Å². The molecule has 2 nitrogen and oxygen atoms in total. The molecule has 2 heteroatoms. The molecule has 1 rings (SSSR count). The Morgan fingerprint density at radius 1 is 1.54 bits per heavy atom. The van der Waals surface area contributed by atoms with Crippen LogP contribution in [0.25, 0.3) is 0 Å². The SMILES string of the molecule is CC#CCC(NC)c1ccc(C)o1.